The summed E-state index contributed by atoms with van der Waals surface area (Å²) < 4.78 is 16.2. The lowest BCUT2D eigenvalue weighted by atomic mass is 10.1. The Balaban J connectivity index is 2.03. The Morgan fingerprint density at radius 1 is 1.43 bits per heavy atom. The first-order valence-corrected chi connectivity index (χ1v) is 4.78. The van der Waals surface area contributed by atoms with Gasteiger partial charge in [0.05, 0.1) is 25.9 Å². The van der Waals surface area contributed by atoms with Crippen LogP contribution >= 0.6 is 0 Å². The first-order chi connectivity index (χ1) is 6.77. The normalized spacial score (nSPS) is 24.9. The zero-order chi connectivity index (χ0) is 9.97. The van der Waals surface area contributed by atoms with E-state index in [2.05, 4.69) is 0 Å². The summed E-state index contributed by atoms with van der Waals surface area (Å²) in [6.45, 7) is 3.70. The molecule has 2 N–H and O–H groups in total. The Morgan fingerprint density at radius 3 is 2.86 bits per heavy atom. The maximum absolute atomic E-state index is 5.98. The first-order valence-electron chi connectivity index (χ1n) is 4.78. The Kier molecular flexibility index (Phi) is 2.86. The van der Waals surface area contributed by atoms with Crippen LogP contribution in [0, 0.1) is 6.92 Å². The Morgan fingerprint density at radius 2 is 2.29 bits per heavy atom. The first kappa shape index (κ1) is 9.71. The van der Waals surface area contributed by atoms with Crippen molar-refractivity contribution in [1.29, 1.82) is 0 Å². The van der Waals surface area contributed by atoms with Crippen molar-refractivity contribution in [3.8, 4) is 0 Å². The van der Waals surface area contributed by atoms with Crippen molar-refractivity contribution in [2.45, 2.75) is 19.1 Å². The van der Waals surface area contributed by atoms with Gasteiger partial charge in [0.2, 0.25) is 0 Å². The van der Waals surface area contributed by atoms with E-state index in [0.29, 0.717) is 19.8 Å². The van der Waals surface area contributed by atoms with E-state index in [1.807, 2.05) is 19.1 Å². The quantitative estimate of drug-likeness (QED) is 0.768. The summed E-state index contributed by atoms with van der Waals surface area (Å²) in [4.78, 5) is 0. The van der Waals surface area contributed by atoms with E-state index in [4.69, 9.17) is 19.6 Å². The van der Waals surface area contributed by atoms with Gasteiger partial charge in [0, 0.05) is 0 Å². The van der Waals surface area contributed by atoms with E-state index in [0.717, 1.165) is 11.5 Å². The molecule has 4 nitrogen and oxygen atoms in total. The fourth-order valence-electron chi connectivity index (χ4n) is 1.53. The second-order valence-electron chi connectivity index (χ2n) is 3.46. The highest BCUT2D eigenvalue weighted by atomic mass is 16.6. The van der Waals surface area contributed by atoms with Gasteiger partial charge in [0.1, 0.15) is 17.6 Å². The van der Waals surface area contributed by atoms with E-state index in [9.17, 15) is 0 Å². The number of hydrogen-bond acceptors (Lipinski definition) is 4. The molecular weight excluding hydrogens is 182 g/mol. The van der Waals surface area contributed by atoms with E-state index in [-0.39, 0.29) is 12.1 Å². The van der Waals surface area contributed by atoms with Crippen LogP contribution in [0.1, 0.15) is 17.6 Å². The van der Waals surface area contributed by atoms with Gasteiger partial charge in [-0.2, -0.15) is 0 Å². The zero-order valence-electron chi connectivity index (χ0n) is 8.23. The average Bonchev–Trinajstić information content (AvgIpc) is 2.65. The van der Waals surface area contributed by atoms with Gasteiger partial charge in [0.15, 0.2) is 0 Å². The molecule has 1 aliphatic heterocycles. The molecule has 0 radical (unpaired) electrons. The van der Waals surface area contributed by atoms with Crippen LogP contribution in [0.4, 0.5) is 0 Å². The van der Waals surface area contributed by atoms with Crippen molar-refractivity contribution >= 4 is 0 Å². The highest BCUT2D eigenvalue weighted by Gasteiger charge is 2.25. The van der Waals surface area contributed by atoms with Gasteiger partial charge >= 0.3 is 0 Å². The molecule has 2 heterocycles. The van der Waals surface area contributed by atoms with Crippen molar-refractivity contribution in [3.63, 3.8) is 0 Å². The summed E-state index contributed by atoms with van der Waals surface area (Å²) in [5.74, 6) is 1.63. The van der Waals surface area contributed by atoms with Crippen LogP contribution in [0.25, 0.3) is 0 Å². The molecule has 1 fully saturated rings. The number of furan rings is 1. The molecule has 0 aromatic carbocycles. The van der Waals surface area contributed by atoms with Crippen LogP contribution in [0.2, 0.25) is 0 Å². The monoisotopic (exact) mass is 197 g/mol. The number of aryl methyl sites for hydroxylation is 1. The fourth-order valence-corrected chi connectivity index (χ4v) is 1.53. The molecule has 0 amide bonds. The summed E-state index contributed by atoms with van der Waals surface area (Å²) in [6.07, 6.45) is -0.0886. The Hall–Kier alpha value is -0.840. The van der Waals surface area contributed by atoms with E-state index in [1.165, 1.54) is 0 Å². The van der Waals surface area contributed by atoms with Gasteiger partial charge in [-0.05, 0) is 19.1 Å². The van der Waals surface area contributed by atoms with Crippen molar-refractivity contribution in [1.82, 2.24) is 0 Å². The third-order valence-corrected chi connectivity index (χ3v) is 2.33. The van der Waals surface area contributed by atoms with Crippen LogP contribution in [-0.2, 0) is 9.47 Å². The Labute approximate surface area is 83.0 Å². The summed E-state index contributed by atoms with van der Waals surface area (Å²) >= 11 is 0. The number of nitrogens with two attached hydrogens (primary N) is 1. The summed E-state index contributed by atoms with van der Waals surface area (Å²) in [7, 11) is 0. The highest BCUT2D eigenvalue weighted by molar-refractivity contribution is 5.10. The largest absolute Gasteiger partial charge is 0.465 e. The van der Waals surface area contributed by atoms with E-state index in [1.54, 1.807) is 0 Å². The molecule has 0 bridgehead atoms. The van der Waals surface area contributed by atoms with Gasteiger partial charge in [0.25, 0.3) is 0 Å². The molecular formula is C10H15NO3. The summed E-state index contributed by atoms with van der Waals surface area (Å²) in [6, 6.07) is 3.56. The minimum Gasteiger partial charge on any atom is -0.465 e. The van der Waals surface area contributed by atoms with E-state index >= 15 is 0 Å². The van der Waals surface area contributed by atoms with Gasteiger partial charge in [-0.25, -0.2) is 0 Å². The standard InChI is InChI=1S/C10H15NO3/c1-7-2-3-8(14-7)10(11)9-6-12-4-5-13-9/h2-3,9-10H,4-6,11H2,1H3. The topological polar surface area (TPSA) is 57.6 Å². The second-order valence-corrected chi connectivity index (χ2v) is 3.46. The molecule has 2 unspecified atom stereocenters. The van der Waals surface area contributed by atoms with Crippen molar-refractivity contribution in [3.05, 3.63) is 23.7 Å². The molecule has 2 rings (SSSR count). The van der Waals surface area contributed by atoms with Crippen LogP contribution in [0.5, 0.6) is 0 Å². The van der Waals surface area contributed by atoms with Crippen LogP contribution < -0.4 is 5.73 Å². The number of rotatable bonds is 2. The molecule has 14 heavy (non-hydrogen) atoms. The number of ether oxygens (including phenoxy) is 2. The zero-order valence-corrected chi connectivity index (χ0v) is 8.23. The molecule has 0 spiro atoms. The molecule has 0 aliphatic carbocycles. The SMILES string of the molecule is Cc1ccc(C(N)C2COCCO2)o1. The van der Waals surface area contributed by atoms with Gasteiger partial charge in [-0.1, -0.05) is 0 Å². The van der Waals surface area contributed by atoms with Crippen LogP contribution in [-0.4, -0.2) is 25.9 Å². The Bertz CT molecular complexity index is 291. The molecule has 0 saturated carbocycles. The maximum Gasteiger partial charge on any atom is 0.123 e. The molecule has 4 heteroatoms. The minimum absolute atomic E-state index is 0.0886. The lowest BCUT2D eigenvalue weighted by molar-refractivity contribution is -0.0996. The molecule has 2 atom stereocenters. The van der Waals surface area contributed by atoms with Gasteiger partial charge in [-0.3, -0.25) is 0 Å². The van der Waals surface area contributed by atoms with Crippen molar-refractivity contribution in [2.24, 2.45) is 5.73 Å². The molecule has 1 saturated heterocycles. The predicted molar refractivity (Wildman–Crippen MR) is 50.9 cm³/mol. The van der Waals surface area contributed by atoms with Gasteiger partial charge < -0.3 is 19.6 Å². The van der Waals surface area contributed by atoms with E-state index < -0.39 is 0 Å². The predicted octanol–water partition coefficient (Wildman–Crippen LogP) is 1.00. The lowest BCUT2D eigenvalue weighted by Gasteiger charge is -2.26. The fraction of sp³-hybridized carbons (Fsp3) is 0.600. The summed E-state index contributed by atoms with van der Waals surface area (Å²) in [5, 5.41) is 0. The number of hydrogen-bond donors (Lipinski definition) is 1. The molecule has 1 aromatic rings. The van der Waals surface area contributed by atoms with Crippen LogP contribution in [0.3, 0.4) is 0 Å². The van der Waals surface area contributed by atoms with Gasteiger partial charge in [-0.15, -0.1) is 0 Å². The van der Waals surface area contributed by atoms with Crippen molar-refractivity contribution in [2.75, 3.05) is 19.8 Å². The third-order valence-electron chi connectivity index (χ3n) is 2.33. The maximum atomic E-state index is 5.98. The lowest BCUT2D eigenvalue weighted by Crippen LogP contribution is -2.37. The molecule has 78 valence electrons. The second kappa shape index (κ2) is 4.13. The average molecular weight is 197 g/mol. The smallest absolute Gasteiger partial charge is 0.123 e. The molecule has 1 aliphatic rings. The van der Waals surface area contributed by atoms with Crippen molar-refractivity contribution < 1.29 is 13.9 Å². The highest BCUT2D eigenvalue weighted by Crippen LogP contribution is 2.20. The third kappa shape index (κ3) is 1.97. The minimum atomic E-state index is -0.232. The molecule has 1 aromatic heterocycles. The summed E-state index contributed by atoms with van der Waals surface area (Å²) in [5.41, 5.74) is 5.98. The van der Waals surface area contributed by atoms with Crippen LogP contribution in [0.15, 0.2) is 16.5 Å².